The number of hydrogen-bond acceptors (Lipinski definition) is 1. The maximum Gasteiger partial charge on any atom is 0.0571 e. The Hall–Kier alpha value is -0.820. The molecular formula is C18H28O. The van der Waals surface area contributed by atoms with Crippen LogP contribution in [0.15, 0.2) is 24.3 Å². The molecule has 0 bridgehead atoms. The number of rotatable bonds is 4. The van der Waals surface area contributed by atoms with E-state index in [-0.39, 0.29) is 6.10 Å². The van der Waals surface area contributed by atoms with Crippen LogP contribution in [0.25, 0.3) is 0 Å². The highest BCUT2D eigenvalue weighted by Crippen LogP contribution is 2.35. The highest BCUT2D eigenvalue weighted by molar-refractivity contribution is 5.25. The van der Waals surface area contributed by atoms with Crippen molar-refractivity contribution in [2.24, 2.45) is 17.8 Å². The summed E-state index contributed by atoms with van der Waals surface area (Å²) in [6, 6.07) is 8.53. The molecule has 1 saturated carbocycles. The predicted molar refractivity (Wildman–Crippen MR) is 81.2 cm³/mol. The van der Waals surface area contributed by atoms with Crippen LogP contribution in [0.2, 0.25) is 0 Å². The molecule has 0 amide bonds. The summed E-state index contributed by atoms with van der Waals surface area (Å²) in [6.45, 7) is 6.84. The minimum absolute atomic E-state index is 0.116. The van der Waals surface area contributed by atoms with Crippen LogP contribution in [-0.4, -0.2) is 11.2 Å². The van der Waals surface area contributed by atoms with Gasteiger partial charge in [0.2, 0.25) is 0 Å². The van der Waals surface area contributed by atoms with Gasteiger partial charge in [-0.15, -0.1) is 0 Å². The van der Waals surface area contributed by atoms with Gasteiger partial charge in [-0.2, -0.15) is 0 Å². The Morgan fingerprint density at radius 2 is 1.89 bits per heavy atom. The van der Waals surface area contributed by atoms with Crippen LogP contribution in [-0.2, 0) is 6.42 Å². The summed E-state index contributed by atoms with van der Waals surface area (Å²) in [6.07, 6.45) is 5.50. The van der Waals surface area contributed by atoms with Gasteiger partial charge in [-0.05, 0) is 61.5 Å². The van der Waals surface area contributed by atoms with Crippen LogP contribution >= 0.6 is 0 Å². The van der Waals surface area contributed by atoms with Crippen molar-refractivity contribution in [2.45, 2.75) is 59.0 Å². The topological polar surface area (TPSA) is 20.2 Å². The standard InChI is InChI=1S/C18H28O/c1-13-8-9-17(12-15(13)3)18(19)11-10-16-7-5-4-6-14(16)2/h4-7,13,15,17-19H,8-12H2,1-3H3. The Labute approximate surface area is 118 Å². The smallest absolute Gasteiger partial charge is 0.0571 e. The maximum atomic E-state index is 10.4. The van der Waals surface area contributed by atoms with Crippen LogP contribution in [0.3, 0.4) is 0 Å². The first-order valence-electron chi connectivity index (χ1n) is 7.80. The third-order valence-corrected chi connectivity index (χ3v) is 5.15. The second kappa shape index (κ2) is 6.56. The first-order chi connectivity index (χ1) is 9.08. The Balaban J connectivity index is 1.85. The molecule has 1 heteroatoms. The lowest BCUT2D eigenvalue weighted by molar-refractivity contribution is 0.0510. The fraction of sp³-hybridized carbons (Fsp3) is 0.667. The zero-order chi connectivity index (χ0) is 13.8. The first kappa shape index (κ1) is 14.6. The third kappa shape index (κ3) is 3.82. The first-order valence-corrected chi connectivity index (χ1v) is 7.80. The van der Waals surface area contributed by atoms with Gasteiger partial charge in [0.05, 0.1) is 6.10 Å². The average molecular weight is 260 g/mol. The van der Waals surface area contributed by atoms with Crippen LogP contribution in [0.5, 0.6) is 0 Å². The maximum absolute atomic E-state index is 10.4. The monoisotopic (exact) mass is 260 g/mol. The van der Waals surface area contributed by atoms with Gasteiger partial charge in [0.25, 0.3) is 0 Å². The van der Waals surface area contributed by atoms with Crippen molar-refractivity contribution in [1.29, 1.82) is 0 Å². The Kier molecular flexibility index (Phi) is 5.04. The van der Waals surface area contributed by atoms with E-state index < -0.39 is 0 Å². The van der Waals surface area contributed by atoms with E-state index in [9.17, 15) is 5.11 Å². The van der Waals surface area contributed by atoms with Gasteiger partial charge in [-0.1, -0.05) is 44.5 Å². The van der Waals surface area contributed by atoms with E-state index >= 15 is 0 Å². The van der Waals surface area contributed by atoms with Crippen molar-refractivity contribution >= 4 is 0 Å². The second-order valence-electron chi connectivity index (χ2n) is 6.56. The van der Waals surface area contributed by atoms with Crippen molar-refractivity contribution in [2.75, 3.05) is 0 Å². The Morgan fingerprint density at radius 1 is 1.16 bits per heavy atom. The van der Waals surface area contributed by atoms with Crippen molar-refractivity contribution < 1.29 is 5.11 Å². The molecule has 0 aliphatic heterocycles. The van der Waals surface area contributed by atoms with Gasteiger partial charge in [0, 0.05) is 0 Å². The second-order valence-corrected chi connectivity index (χ2v) is 6.56. The predicted octanol–water partition coefficient (Wildman–Crippen LogP) is 4.36. The largest absolute Gasteiger partial charge is 0.393 e. The molecule has 1 aromatic rings. The zero-order valence-electron chi connectivity index (χ0n) is 12.6. The quantitative estimate of drug-likeness (QED) is 0.852. The summed E-state index contributed by atoms with van der Waals surface area (Å²) in [5.41, 5.74) is 2.74. The van der Waals surface area contributed by atoms with Crippen LogP contribution in [0.4, 0.5) is 0 Å². The highest BCUT2D eigenvalue weighted by atomic mass is 16.3. The zero-order valence-corrected chi connectivity index (χ0v) is 12.6. The van der Waals surface area contributed by atoms with Gasteiger partial charge in [0.1, 0.15) is 0 Å². The van der Waals surface area contributed by atoms with Crippen molar-refractivity contribution in [3.05, 3.63) is 35.4 Å². The van der Waals surface area contributed by atoms with E-state index in [0.29, 0.717) is 5.92 Å². The molecule has 19 heavy (non-hydrogen) atoms. The summed E-state index contributed by atoms with van der Waals surface area (Å²) < 4.78 is 0. The fourth-order valence-corrected chi connectivity index (χ4v) is 3.37. The third-order valence-electron chi connectivity index (χ3n) is 5.15. The molecule has 2 rings (SSSR count). The molecule has 1 aliphatic rings. The number of hydrogen-bond donors (Lipinski definition) is 1. The molecule has 1 aliphatic carbocycles. The molecule has 1 N–H and O–H groups in total. The van der Waals surface area contributed by atoms with Gasteiger partial charge in [0.15, 0.2) is 0 Å². The van der Waals surface area contributed by atoms with Crippen LogP contribution < -0.4 is 0 Å². The Morgan fingerprint density at radius 3 is 2.58 bits per heavy atom. The Bertz CT molecular complexity index is 398. The van der Waals surface area contributed by atoms with E-state index in [1.807, 2.05) is 0 Å². The number of aliphatic hydroxyl groups is 1. The fourth-order valence-electron chi connectivity index (χ4n) is 3.37. The molecule has 0 heterocycles. The van der Waals surface area contributed by atoms with E-state index in [0.717, 1.165) is 24.7 Å². The SMILES string of the molecule is Cc1ccccc1CCC(O)C1CCC(C)C(C)C1. The summed E-state index contributed by atoms with van der Waals surface area (Å²) in [4.78, 5) is 0. The molecule has 1 nitrogen and oxygen atoms in total. The molecular weight excluding hydrogens is 232 g/mol. The minimum Gasteiger partial charge on any atom is -0.393 e. The number of aryl methyl sites for hydroxylation is 2. The summed E-state index contributed by atoms with van der Waals surface area (Å²) in [7, 11) is 0. The molecule has 1 fully saturated rings. The van der Waals surface area contributed by atoms with Gasteiger partial charge in [-0.25, -0.2) is 0 Å². The van der Waals surface area contributed by atoms with E-state index in [4.69, 9.17) is 0 Å². The molecule has 0 aromatic heterocycles. The van der Waals surface area contributed by atoms with Gasteiger partial charge < -0.3 is 5.11 Å². The van der Waals surface area contributed by atoms with Crippen LogP contribution in [0, 0.1) is 24.7 Å². The van der Waals surface area contributed by atoms with Crippen molar-refractivity contribution in [1.82, 2.24) is 0 Å². The molecule has 106 valence electrons. The molecule has 1 aromatic carbocycles. The number of aliphatic hydroxyl groups excluding tert-OH is 1. The summed E-state index contributed by atoms with van der Waals surface area (Å²) >= 11 is 0. The van der Waals surface area contributed by atoms with Crippen LogP contribution in [0.1, 0.15) is 50.7 Å². The normalized spacial score (nSPS) is 29.2. The molecule has 4 unspecified atom stereocenters. The lowest BCUT2D eigenvalue weighted by atomic mass is 9.73. The van der Waals surface area contributed by atoms with Gasteiger partial charge >= 0.3 is 0 Å². The molecule has 4 atom stereocenters. The molecule has 0 saturated heterocycles. The van der Waals surface area contributed by atoms with Gasteiger partial charge in [-0.3, -0.25) is 0 Å². The summed E-state index contributed by atoms with van der Waals surface area (Å²) in [5, 5.41) is 10.4. The van der Waals surface area contributed by atoms with E-state index in [2.05, 4.69) is 45.0 Å². The molecule has 0 spiro atoms. The minimum atomic E-state index is -0.116. The van der Waals surface area contributed by atoms with E-state index in [1.54, 1.807) is 0 Å². The average Bonchev–Trinajstić information content (AvgIpc) is 2.40. The lowest BCUT2D eigenvalue weighted by Gasteiger charge is -2.34. The highest BCUT2D eigenvalue weighted by Gasteiger charge is 2.28. The van der Waals surface area contributed by atoms with Crippen molar-refractivity contribution in [3.8, 4) is 0 Å². The van der Waals surface area contributed by atoms with Crippen molar-refractivity contribution in [3.63, 3.8) is 0 Å². The lowest BCUT2D eigenvalue weighted by Crippen LogP contribution is -2.29. The summed E-state index contributed by atoms with van der Waals surface area (Å²) in [5.74, 6) is 2.13. The van der Waals surface area contributed by atoms with E-state index in [1.165, 1.54) is 30.4 Å². The molecule has 0 radical (unpaired) electrons. The number of benzene rings is 1.